The van der Waals surface area contributed by atoms with Crippen molar-refractivity contribution in [2.45, 2.75) is 12.1 Å². The summed E-state index contributed by atoms with van der Waals surface area (Å²) in [6.07, 6.45) is 3.81. The van der Waals surface area contributed by atoms with Crippen molar-refractivity contribution < 1.29 is 23.9 Å². The fourth-order valence-corrected chi connectivity index (χ4v) is 5.91. The number of fused-ring (bicyclic) bond motifs is 6. The van der Waals surface area contributed by atoms with Crippen molar-refractivity contribution >= 4 is 29.4 Å². The first kappa shape index (κ1) is 20.0. The maximum absolute atomic E-state index is 13.9. The van der Waals surface area contributed by atoms with Crippen LogP contribution in [0.5, 0.6) is 11.5 Å². The Labute approximate surface area is 201 Å². The molecule has 2 saturated heterocycles. The number of ether oxygens (including phenoxy) is 2. The largest absolute Gasteiger partial charge is 0.454 e. The second-order valence-corrected chi connectivity index (χ2v) is 9.11. The first-order valence-corrected chi connectivity index (χ1v) is 11.5. The molecule has 7 nitrogen and oxygen atoms in total. The van der Waals surface area contributed by atoms with Gasteiger partial charge in [-0.2, -0.15) is 0 Å². The summed E-state index contributed by atoms with van der Waals surface area (Å²) < 4.78 is 10.9. The summed E-state index contributed by atoms with van der Waals surface area (Å²) in [5, 5.41) is 0. The van der Waals surface area contributed by atoms with Crippen molar-refractivity contribution in [2.24, 2.45) is 11.8 Å². The first-order valence-electron chi connectivity index (χ1n) is 11.5. The zero-order valence-corrected chi connectivity index (χ0v) is 18.5. The lowest BCUT2D eigenvalue weighted by atomic mass is 9.83. The molecule has 0 spiro atoms. The lowest BCUT2D eigenvalue weighted by Gasteiger charge is -2.35. The van der Waals surface area contributed by atoms with Crippen molar-refractivity contribution in [1.29, 1.82) is 0 Å². The Morgan fingerprint density at radius 3 is 2.43 bits per heavy atom. The van der Waals surface area contributed by atoms with Crippen molar-refractivity contribution in [2.75, 3.05) is 11.7 Å². The van der Waals surface area contributed by atoms with Gasteiger partial charge in [0.15, 0.2) is 17.3 Å². The van der Waals surface area contributed by atoms with Crippen molar-refractivity contribution in [3.63, 3.8) is 0 Å². The van der Waals surface area contributed by atoms with Crippen LogP contribution in [0.2, 0.25) is 0 Å². The molecule has 0 saturated carbocycles. The predicted molar refractivity (Wildman–Crippen MR) is 127 cm³/mol. The van der Waals surface area contributed by atoms with Gasteiger partial charge in [0.1, 0.15) is 6.04 Å². The van der Waals surface area contributed by atoms with E-state index < -0.39 is 23.9 Å². The van der Waals surface area contributed by atoms with Gasteiger partial charge in [-0.25, -0.2) is 4.90 Å². The minimum absolute atomic E-state index is 0.0970. The Hall–Kier alpha value is -4.39. The van der Waals surface area contributed by atoms with E-state index in [0.717, 1.165) is 11.1 Å². The van der Waals surface area contributed by atoms with Crippen LogP contribution in [0.4, 0.5) is 5.69 Å². The number of rotatable bonds is 3. The number of hydrogen-bond donors (Lipinski definition) is 0. The molecule has 7 heteroatoms. The summed E-state index contributed by atoms with van der Waals surface area (Å²) in [7, 11) is 0. The number of hydrogen-bond acceptors (Lipinski definition) is 6. The molecule has 3 aromatic carbocycles. The van der Waals surface area contributed by atoms with Crippen LogP contribution in [-0.4, -0.2) is 35.3 Å². The maximum atomic E-state index is 13.9. The number of nitrogens with zero attached hydrogens (tertiary/aromatic N) is 2. The molecule has 35 heavy (non-hydrogen) atoms. The van der Waals surface area contributed by atoms with Crippen LogP contribution < -0.4 is 14.4 Å². The molecule has 4 atom stereocenters. The molecule has 7 rings (SSSR count). The van der Waals surface area contributed by atoms with Crippen LogP contribution in [0.3, 0.4) is 0 Å². The highest BCUT2D eigenvalue weighted by Gasteiger charge is 2.64. The molecule has 3 aromatic rings. The minimum atomic E-state index is -0.804. The van der Waals surface area contributed by atoms with Gasteiger partial charge in [-0.05, 0) is 29.3 Å². The second kappa shape index (κ2) is 7.30. The van der Waals surface area contributed by atoms with E-state index in [0.29, 0.717) is 22.7 Å². The topological polar surface area (TPSA) is 76.1 Å². The molecule has 0 bridgehead atoms. The summed E-state index contributed by atoms with van der Waals surface area (Å²) >= 11 is 0. The number of amides is 2. The molecular formula is C28H20N2O5. The zero-order chi connectivity index (χ0) is 23.7. The lowest BCUT2D eigenvalue weighted by molar-refractivity contribution is -0.123. The molecule has 4 aliphatic heterocycles. The molecule has 0 N–H and O–H groups in total. The van der Waals surface area contributed by atoms with Gasteiger partial charge in [0.2, 0.25) is 18.6 Å². The van der Waals surface area contributed by atoms with Crippen LogP contribution in [-0.2, 0) is 9.59 Å². The molecule has 2 amide bonds. The van der Waals surface area contributed by atoms with E-state index in [2.05, 4.69) is 0 Å². The van der Waals surface area contributed by atoms with Gasteiger partial charge in [-0.1, -0.05) is 54.6 Å². The smallest absolute Gasteiger partial charge is 0.240 e. The quantitative estimate of drug-likeness (QED) is 0.433. The number of carbonyl (C=O) groups excluding carboxylic acids is 3. The highest BCUT2D eigenvalue weighted by atomic mass is 16.7. The van der Waals surface area contributed by atoms with E-state index in [1.54, 1.807) is 42.5 Å². The lowest BCUT2D eigenvalue weighted by Crippen LogP contribution is -2.44. The molecule has 4 unspecified atom stereocenters. The number of imide groups is 1. The highest BCUT2D eigenvalue weighted by Crippen LogP contribution is 2.54. The molecule has 4 heterocycles. The van der Waals surface area contributed by atoms with Gasteiger partial charge in [-0.3, -0.25) is 14.4 Å². The van der Waals surface area contributed by atoms with Crippen LogP contribution in [0.1, 0.15) is 27.5 Å². The molecule has 172 valence electrons. The van der Waals surface area contributed by atoms with Crippen molar-refractivity contribution in [1.82, 2.24) is 4.90 Å². The van der Waals surface area contributed by atoms with E-state index in [-0.39, 0.29) is 24.4 Å². The minimum Gasteiger partial charge on any atom is -0.454 e. The van der Waals surface area contributed by atoms with Crippen molar-refractivity contribution in [3.8, 4) is 11.5 Å². The second-order valence-electron chi connectivity index (χ2n) is 9.11. The van der Waals surface area contributed by atoms with Gasteiger partial charge in [-0.15, -0.1) is 0 Å². The average molecular weight is 464 g/mol. The van der Waals surface area contributed by atoms with E-state index in [1.165, 1.54) is 4.90 Å². The van der Waals surface area contributed by atoms with Crippen molar-refractivity contribution in [3.05, 3.63) is 95.7 Å². The Morgan fingerprint density at radius 2 is 1.57 bits per heavy atom. The number of benzene rings is 3. The number of carbonyl (C=O) groups is 3. The Bertz CT molecular complexity index is 1430. The highest BCUT2D eigenvalue weighted by molar-refractivity contribution is 6.24. The Kier molecular flexibility index (Phi) is 4.18. The van der Waals surface area contributed by atoms with Gasteiger partial charge in [0.25, 0.3) is 0 Å². The third-order valence-electron chi connectivity index (χ3n) is 7.40. The van der Waals surface area contributed by atoms with Gasteiger partial charge < -0.3 is 14.4 Å². The SMILES string of the molecule is O=C(c1ccccc1)C1C2C(=O)N(c3ccc4c(c3)OCO4)C(=O)C2C2c3ccccc3C=CN12. The molecule has 0 aliphatic carbocycles. The molecule has 2 fully saturated rings. The maximum Gasteiger partial charge on any atom is 0.240 e. The standard InChI is InChI=1S/C28H20N2O5/c31-26(17-7-2-1-3-8-17)25-23-22(24-19-9-5-4-6-16(19)12-13-29(24)25)27(32)30(28(23)33)18-10-11-20-21(14-18)35-15-34-20/h1-14,22-25H,15H2. The van der Waals surface area contributed by atoms with Crippen LogP contribution >= 0.6 is 0 Å². The number of ketones is 1. The van der Waals surface area contributed by atoms with E-state index in [1.807, 2.05) is 47.5 Å². The number of Topliss-reactive ketones (excluding diaryl/α,β-unsaturated/α-hetero) is 1. The Balaban J connectivity index is 1.36. The normalized spacial score (nSPS) is 25.5. The Morgan fingerprint density at radius 1 is 0.829 bits per heavy atom. The fraction of sp³-hybridized carbons (Fsp3) is 0.179. The third kappa shape index (κ3) is 2.75. The van der Waals surface area contributed by atoms with Crippen LogP contribution in [0.25, 0.3) is 6.08 Å². The summed E-state index contributed by atoms with van der Waals surface area (Å²) in [4.78, 5) is 44.8. The molecular weight excluding hydrogens is 444 g/mol. The first-order chi connectivity index (χ1) is 17.1. The van der Waals surface area contributed by atoms with E-state index in [9.17, 15) is 14.4 Å². The fourth-order valence-electron chi connectivity index (χ4n) is 5.91. The summed E-state index contributed by atoms with van der Waals surface area (Å²) in [5.74, 6) is -1.26. The molecule has 4 aliphatic rings. The van der Waals surface area contributed by atoms with E-state index >= 15 is 0 Å². The zero-order valence-electron chi connectivity index (χ0n) is 18.5. The van der Waals surface area contributed by atoms with E-state index in [4.69, 9.17) is 9.47 Å². The predicted octanol–water partition coefficient (Wildman–Crippen LogP) is 3.81. The number of anilines is 1. The molecule has 0 radical (unpaired) electrons. The van der Waals surface area contributed by atoms with Crippen LogP contribution in [0.15, 0.2) is 79.0 Å². The average Bonchev–Trinajstić information content (AvgIpc) is 3.57. The summed E-state index contributed by atoms with van der Waals surface area (Å²) in [5.41, 5.74) is 2.88. The summed E-state index contributed by atoms with van der Waals surface area (Å²) in [6, 6.07) is 20.6. The molecule has 0 aromatic heterocycles. The third-order valence-corrected chi connectivity index (χ3v) is 7.40. The van der Waals surface area contributed by atoms with Crippen LogP contribution in [0, 0.1) is 11.8 Å². The van der Waals surface area contributed by atoms with Gasteiger partial charge in [0.05, 0.1) is 23.6 Å². The monoisotopic (exact) mass is 464 g/mol. The van der Waals surface area contributed by atoms with Gasteiger partial charge >= 0.3 is 0 Å². The van der Waals surface area contributed by atoms with Gasteiger partial charge in [0, 0.05) is 17.8 Å². The summed E-state index contributed by atoms with van der Waals surface area (Å²) in [6.45, 7) is 0.0970.